The molecule has 0 aromatic carbocycles. The molecule has 1 heterocycles. The molecule has 2 amide bonds. The van der Waals surface area contributed by atoms with E-state index in [0.717, 1.165) is 12.8 Å². The van der Waals surface area contributed by atoms with Gasteiger partial charge in [-0.1, -0.05) is 0 Å². The summed E-state index contributed by atoms with van der Waals surface area (Å²) >= 11 is 0. The summed E-state index contributed by atoms with van der Waals surface area (Å²) in [5.74, 6) is -1.26. The van der Waals surface area contributed by atoms with Crippen molar-refractivity contribution in [2.45, 2.75) is 52.2 Å². The first-order chi connectivity index (χ1) is 9.43. The molecule has 0 saturated carbocycles. The molecule has 0 spiro atoms. The minimum absolute atomic E-state index is 0.161. The topological polar surface area (TPSA) is 78.9 Å². The van der Waals surface area contributed by atoms with Crippen molar-refractivity contribution in [3.05, 3.63) is 0 Å². The number of carboxylic acids is 1. The molecule has 1 fully saturated rings. The lowest BCUT2D eigenvalue weighted by Gasteiger charge is -2.23. The number of likely N-dealkylation sites (tertiary alicyclic amines) is 1. The quantitative estimate of drug-likeness (QED) is 0.698. The first-order valence-electron chi connectivity index (χ1n) is 7.32. The predicted molar refractivity (Wildman–Crippen MR) is 75.6 cm³/mol. The minimum atomic E-state index is -0.821. The predicted octanol–water partition coefficient (Wildman–Crippen LogP) is 1.70. The van der Waals surface area contributed by atoms with Crippen LogP contribution in [0, 0.1) is 5.92 Å². The number of nitrogens with zero attached hydrogens (tertiary/aromatic N) is 1. The summed E-state index contributed by atoms with van der Waals surface area (Å²) in [6.07, 6.45) is 2.55. The van der Waals surface area contributed by atoms with Gasteiger partial charge in [-0.25, -0.2) is 4.79 Å². The smallest absolute Gasteiger partial charge is 0.317 e. The molecule has 116 valence electrons. The molecule has 6 nitrogen and oxygen atoms in total. The molecule has 1 saturated heterocycles. The monoisotopic (exact) mass is 286 g/mol. The van der Waals surface area contributed by atoms with E-state index < -0.39 is 11.9 Å². The Bertz CT molecular complexity index is 333. The second-order valence-corrected chi connectivity index (χ2v) is 5.53. The Morgan fingerprint density at radius 3 is 2.65 bits per heavy atom. The highest BCUT2D eigenvalue weighted by Crippen LogP contribution is 2.24. The highest BCUT2D eigenvalue weighted by Gasteiger charge is 2.37. The number of unbranched alkanes of at least 4 members (excludes halogenated alkanes) is 1. The number of ether oxygens (including phenoxy) is 1. The van der Waals surface area contributed by atoms with Gasteiger partial charge in [-0.2, -0.15) is 0 Å². The summed E-state index contributed by atoms with van der Waals surface area (Å²) < 4.78 is 5.42. The van der Waals surface area contributed by atoms with Crippen LogP contribution in [0.5, 0.6) is 0 Å². The SMILES string of the molecule is CC(C)OCCCCNC(=O)N1CCC(C(=O)O)C1C. The van der Waals surface area contributed by atoms with E-state index in [0.29, 0.717) is 26.1 Å². The molecule has 1 rings (SSSR count). The molecule has 1 aliphatic heterocycles. The number of hydrogen-bond donors (Lipinski definition) is 2. The summed E-state index contributed by atoms with van der Waals surface area (Å²) in [5, 5.41) is 11.9. The highest BCUT2D eigenvalue weighted by molar-refractivity contribution is 5.78. The van der Waals surface area contributed by atoms with Crippen LogP contribution in [0.1, 0.15) is 40.0 Å². The van der Waals surface area contributed by atoms with Crippen molar-refractivity contribution < 1.29 is 19.4 Å². The van der Waals surface area contributed by atoms with E-state index in [-0.39, 0.29) is 18.2 Å². The van der Waals surface area contributed by atoms with E-state index in [9.17, 15) is 9.59 Å². The van der Waals surface area contributed by atoms with E-state index in [1.54, 1.807) is 11.8 Å². The standard InChI is InChI=1S/C14H26N2O4/c1-10(2)20-9-5-4-7-15-14(19)16-8-6-12(11(16)3)13(17)18/h10-12H,4-9H2,1-3H3,(H,15,19)(H,17,18). The van der Waals surface area contributed by atoms with Crippen LogP contribution in [-0.2, 0) is 9.53 Å². The fourth-order valence-corrected chi connectivity index (χ4v) is 2.40. The van der Waals surface area contributed by atoms with E-state index in [1.807, 2.05) is 13.8 Å². The van der Waals surface area contributed by atoms with Crippen LogP contribution in [-0.4, -0.2) is 53.8 Å². The summed E-state index contributed by atoms with van der Waals surface area (Å²) in [6.45, 7) is 7.60. The largest absolute Gasteiger partial charge is 0.481 e. The third kappa shape index (κ3) is 5.00. The van der Waals surface area contributed by atoms with Gasteiger partial charge < -0.3 is 20.1 Å². The number of carbonyl (C=O) groups excluding carboxylic acids is 1. The van der Waals surface area contributed by atoms with Crippen LogP contribution >= 0.6 is 0 Å². The Morgan fingerprint density at radius 2 is 2.10 bits per heavy atom. The Labute approximate surface area is 120 Å². The number of rotatable bonds is 7. The maximum absolute atomic E-state index is 12.0. The third-order valence-corrected chi connectivity index (χ3v) is 3.63. The normalized spacial score (nSPS) is 22.3. The van der Waals surface area contributed by atoms with Gasteiger partial charge in [-0.05, 0) is 40.0 Å². The summed E-state index contributed by atoms with van der Waals surface area (Å²) in [4.78, 5) is 24.6. The molecule has 0 aliphatic carbocycles. The first-order valence-corrected chi connectivity index (χ1v) is 7.32. The van der Waals surface area contributed by atoms with Crippen LogP contribution in [0.2, 0.25) is 0 Å². The molecular weight excluding hydrogens is 260 g/mol. The Hall–Kier alpha value is -1.30. The highest BCUT2D eigenvalue weighted by atomic mass is 16.5. The Morgan fingerprint density at radius 1 is 1.40 bits per heavy atom. The van der Waals surface area contributed by atoms with Gasteiger partial charge in [-0.3, -0.25) is 4.79 Å². The lowest BCUT2D eigenvalue weighted by Crippen LogP contribution is -2.44. The number of urea groups is 1. The average Bonchev–Trinajstić information content (AvgIpc) is 2.75. The second-order valence-electron chi connectivity index (χ2n) is 5.53. The fourth-order valence-electron chi connectivity index (χ4n) is 2.40. The molecule has 0 aromatic rings. The lowest BCUT2D eigenvalue weighted by atomic mass is 10.0. The number of nitrogens with one attached hydrogen (secondary N) is 1. The molecule has 6 heteroatoms. The van der Waals surface area contributed by atoms with Crippen molar-refractivity contribution in [3.8, 4) is 0 Å². The minimum Gasteiger partial charge on any atom is -0.481 e. The van der Waals surface area contributed by atoms with Gasteiger partial charge in [-0.15, -0.1) is 0 Å². The molecule has 2 atom stereocenters. The maximum Gasteiger partial charge on any atom is 0.317 e. The van der Waals surface area contributed by atoms with Crippen LogP contribution in [0.4, 0.5) is 4.79 Å². The van der Waals surface area contributed by atoms with Gasteiger partial charge in [0.15, 0.2) is 0 Å². The summed E-state index contributed by atoms with van der Waals surface area (Å²) in [7, 11) is 0. The van der Waals surface area contributed by atoms with E-state index in [4.69, 9.17) is 9.84 Å². The zero-order valence-electron chi connectivity index (χ0n) is 12.6. The molecule has 1 aliphatic rings. The van der Waals surface area contributed by atoms with Gasteiger partial charge >= 0.3 is 12.0 Å². The van der Waals surface area contributed by atoms with Crippen molar-refractivity contribution >= 4 is 12.0 Å². The van der Waals surface area contributed by atoms with E-state index in [1.165, 1.54) is 0 Å². The molecule has 0 aromatic heterocycles. The van der Waals surface area contributed by atoms with Gasteiger partial charge in [0.2, 0.25) is 0 Å². The zero-order valence-corrected chi connectivity index (χ0v) is 12.6. The first kappa shape index (κ1) is 16.8. The summed E-state index contributed by atoms with van der Waals surface area (Å²) in [6, 6.07) is -0.400. The molecule has 2 N–H and O–H groups in total. The third-order valence-electron chi connectivity index (χ3n) is 3.63. The number of carboxylic acid groups (broad SMARTS) is 1. The van der Waals surface area contributed by atoms with Crippen molar-refractivity contribution in [2.24, 2.45) is 5.92 Å². The van der Waals surface area contributed by atoms with Gasteiger partial charge in [0.25, 0.3) is 0 Å². The van der Waals surface area contributed by atoms with Crippen LogP contribution in [0.25, 0.3) is 0 Å². The maximum atomic E-state index is 12.0. The molecule has 0 radical (unpaired) electrons. The van der Waals surface area contributed by atoms with Crippen LogP contribution in [0.3, 0.4) is 0 Å². The number of aliphatic carboxylic acids is 1. The second kappa shape index (κ2) is 8.09. The van der Waals surface area contributed by atoms with E-state index in [2.05, 4.69) is 5.32 Å². The number of carbonyl (C=O) groups is 2. The molecule has 2 unspecified atom stereocenters. The van der Waals surface area contributed by atoms with Crippen molar-refractivity contribution in [3.63, 3.8) is 0 Å². The van der Waals surface area contributed by atoms with Crippen molar-refractivity contribution in [1.29, 1.82) is 0 Å². The Balaban J connectivity index is 2.19. The van der Waals surface area contributed by atoms with Gasteiger partial charge in [0.05, 0.1) is 12.0 Å². The van der Waals surface area contributed by atoms with Crippen molar-refractivity contribution in [2.75, 3.05) is 19.7 Å². The van der Waals surface area contributed by atoms with Crippen LogP contribution in [0.15, 0.2) is 0 Å². The average molecular weight is 286 g/mol. The zero-order chi connectivity index (χ0) is 15.1. The summed E-state index contributed by atoms with van der Waals surface area (Å²) in [5.41, 5.74) is 0. The van der Waals surface area contributed by atoms with Crippen LogP contribution < -0.4 is 5.32 Å². The number of amides is 2. The fraction of sp³-hybridized carbons (Fsp3) is 0.857. The number of hydrogen-bond acceptors (Lipinski definition) is 3. The lowest BCUT2D eigenvalue weighted by molar-refractivity contribution is -0.142. The molecule has 0 bridgehead atoms. The van der Waals surface area contributed by atoms with Gasteiger partial charge in [0, 0.05) is 25.7 Å². The molecule has 20 heavy (non-hydrogen) atoms. The Kier molecular flexibility index (Phi) is 6.78. The molecular formula is C14H26N2O4. The van der Waals surface area contributed by atoms with Crippen molar-refractivity contribution in [1.82, 2.24) is 10.2 Å². The van der Waals surface area contributed by atoms with E-state index >= 15 is 0 Å². The van der Waals surface area contributed by atoms with Gasteiger partial charge in [0.1, 0.15) is 0 Å².